The molecule has 0 aliphatic rings. The molecule has 0 saturated heterocycles. The molecule has 116 valence electrons. The number of hydrogen-bond acceptors (Lipinski definition) is 1. The summed E-state index contributed by atoms with van der Waals surface area (Å²) >= 11 is 0. The van der Waals surface area contributed by atoms with E-state index < -0.39 is 0 Å². The van der Waals surface area contributed by atoms with Crippen LogP contribution in [0.25, 0.3) is 0 Å². The average molecular weight is 399 g/mol. The smallest absolute Gasteiger partial charge is 0.192 e. The van der Waals surface area contributed by atoms with Gasteiger partial charge in [0.2, 0.25) is 0 Å². The maximum Gasteiger partial charge on any atom is 0.192 e. The van der Waals surface area contributed by atoms with E-state index >= 15 is 0 Å². The fourth-order valence-corrected chi connectivity index (χ4v) is 2.03. The van der Waals surface area contributed by atoms with Gasteiger partial charge in [-0.2, -0.15) is 0 Å². The van der Waals surface area contributed by atoms with Gasteiger partial charge in [-0.05, 0) is 30.4 Å². The predicted molar refractivity (Wildman–Crippen MR) is 102 cm³/mol. The van der Waals surface area contributed by atoms with Crippen molar-refractivity contribution in [2.24, 2.45) is 10.9 Å². The third kappa shape index (κ3) is 7.37. The zero-order chi connectivity index (χ0) is 15.0. The maximum atomic E-state index is 5.23. The largest absolute Gasteiger partial charge is 0.350 e. The second-order valence-electron chi connectivity index (χ2n) is 5.34. The van der Waals surface area contributed by atoms with Crippen molar-refractivity contribution in [2.75, 3.05) is 13.6 Å². The Morgan fingerprint density at radius 1 is 1.24 bits per heavy atom. The monoisotopic (exact) mass is 399 g/mol. The number of nitrogens with zero attached hydrogens (tertiary/aromatic N) is 1. The van der Waals surface area contributed by atoms with Crippen molar-refractivity contribution in [1.82, 2.24) is 10.6 Å². The van der Waals surface area contributed by atoms with E-state index in [1.165, 1.54) is 11.1 Å². The van der Waals surface area contributed by atoms with Gasteiger partial charge in [0.15, 0.2) is 5.96 Å². The second-order valence-corrected chi connectivity index (χ2v) is 5.34. The summed E-state index contributed by atoms with van der Waals surface area (Å²) in [7, 11) is 1.74. The van der Waals surface area contributed by atoms with E-state index in [1.807, 2.05) is 0 Å². The van der Waals surface area contributed by atoms with Gasteiger partial charge in [-0.15, -0.1) is 30.4 Å². The number of hydrogen-bond donors (Lipinski definition) is 2. The van der Waals surface area contributed by atoms with Crippen LogP contribution in [0.1, 0.15) is 37.9 Å². The summed E-state index contributed by atoms with van der Waals surface area (Å²) in [6.07, 6.45) is 6.35. The molecule has 0 fully saturated rings. The molecule has 0 saturated carbocycles. The Bertz CT molecular complexity index is 472. The summed E-state index contributed by atoms with van der Waals surface area (Å²) < 4.78 is 0. The van der Waals surface area contributed by atoms with Gasteiger partial charge in [0, 0.05) is 7.05 Å². The minimum atomic E-state index is 0. The molecule has 0 spiro atoms. The zero-order valence-electron chi connectivity index (χ0n) is 13.3. The molecule has 3 nitrogen and oxygen atoms in total. The van der Waals surface area contributed by atoms with Gasteiger partial charge in [-0.3, -0.25) is 4.99 Å². The topological polar surface area (TPSA) is 36.4 Å². The number of nitrogens with one attached hydrogen (secondary N) is 2. The molecule has 1 unspecified atom stereocenters. The first kappa shape index (κ1) is 19.8. The van der Waals surface area contributed by atoms with Crippen molar-refractivity contribution in [1.29, 1.82) is 0 Å². The molecule has 0 radical (unpaired) electrons. The molecule has 21 heavy (non-hydrogen) atoms. The van der Waals surface area contributed by atoms with Crippen molar-refractivity contribution in [2.45, 2.75) is 33.2 Å². The van der Waals surface area contributed by atoms with Crippen LogP contribution >= 0.6 is 24.0 Å². The molecule has 2 N–H and O–H groups in total. The molecule has 1 aromatic rings. The average Bonchev–Trinajstić information content (AvgIpc) is 2.43. The Kier molecular flexibility index (Phi) is 9.89. The fraction of sp³-hybridized carbons (Fsp3) is 0.471. The fourth-order valence-electron chi connectivity index (χ4n) is 2.03. The molecule has 0 aliphatic carbocycles. The normalized spacial score (nSPS) is 12.3. The van der Waals surface area contributed by atoms with Crippen LogP contribution < -0.4 is 10.6 Å². The van der Waals surface area contributed by atoms with Gasteiger partial charge < -0.3 is 10.6 Å². The zero-order valence-corrected chi connectivity index (χ0v) is 15.6. The van der Waals surface area contributed by atoms with E-state index in [4.69, 9.17) is 6.42 Å². The summed E-state index contributed by atoms with van der Waals surface area (Å²) in [4.78, 5) is 4.15. The number of rotatable bonds is 5. The van der Waals surface area contributed by atoms with Gasteiger partial charge in [0.25, 0.3) is 0 Å². The van der Waals surface area contributed by atoms with Crippen molar-refractivity contribution >= 4 is 29.9 Å². The third-order valence-electron chi connectivity index (χ3n) is 3.06. The van der Waals surface area contributed by atoms with Crippen LogP contribution in [0.5, 0.6) is 0 Å². The Hall–Kier alpha value is -1.22. The van der Waals surface area contributed by atoms with Crippen LogP contribution in [0.2, 0.25) is 0 Å². The summed E-state index contributed by atoms with van der Waals surface area (Å²) in [6, 6.07) is 8.93. The van der Waals surface area contributed by atoms with Crippen molar-refractivity contribution in [3.63, 3.8) is 0 Å². The number of benzene rings is 1. The number of guanidine groups is 1. The van der Waals surface area contributed by atoms with Crippen LogP contribution in [0, 0.1) is 18.3 Å². The van der Waals surface area contributed by atoms with Crippen LogP contribution in [-0.4, -0.2) is 19.6 Å². The second kappa shape index (κ2) is 10.5. The lowest BCUT2D eigenvalue weighted by atomic mass is 10.00. The van der Waals surface area contributed by atoms with E-state index in [-0.39, 0.29) is 30.0 Å². The van der Waals surface area contributed by atoms with Crippen LogP contribution in [0.15, 0.2) is 29.3 Å². The van der Waals surface area contributed by atoms with Gasteiger partial charge in [0.1, 0.15) is 0 Å². The molecule has 0 aromatic heterocycles. The molecular weight excluding hydrogens is 373 g/mol. The summed E-state index contributed by atoms with van der Waals surface area (Å²) in [5.74, 6) is 3.95. The predicted octanol–water partition coefficient (Wildman–Crippen LogP) is 3.36. The maximum absolute atomic E-state index is 5.23. The summed E-state index contributed by atoms with van der Waals surface area (Å²) in [5, 5.41) is 6.38. The standard InChI is InChI=1S/C17H25N3.HI/c1-6-11-19-17(18-5)20-14(4)16-9-7-15(8-10-16)12-13(2)3;/h1,7-10,13-14H,11-12H2,2-5H3,(H2,18,19,20);1H. The van der Waals surface area contributed by atoms with Crippen molar-refractivity contribution < 1.29 is 0 Å². The molecule has 0 aliphatic heterocycles. The summed E-state index contributed by atoms with van der Waals surface area (Å²) in [6.45, 7) is 7.05. The van der Waals surface area contributed by atoms with Crippen molar-refractivity contribution in [3.05, 3.63) is 35.4 Å². The van der Waals surface area contributed by atoms with Crippen molar-refractivity contribution in [3.8, 4) is 12.3 Å². The first-order valence-electron chi connectivity index (χ1n) is 7.06. The van der Waals surface area contributed by atoms with E-state index in [2.05, 4.69) is 66.6 Å². The number of halogens is 1. The Morgan fingerprint density at radius 2 is 1.86 bits per heavy atom. The lowest BCUT2D eigenvalue weighted by Gasteiger charge is -2.18. The van der Waals surface area contributed by atoms with E-state index in [9.17, 15) is 0 Å². The quantitative estimate of drug-likeness (QED) is 0.345. The minimum Gasteiger partial charge on any atom is -0.350 e. The Balaban J connectivity index is 0.00000400. The highest BCUT2D eigenvalue weighted by Gasteiger charge is 2.07. The molecule has 1 atom stereocenters. The highest BCUT2D eigenvalue weighted by atomic mass is 127. The Labute approximate surface area is 146 Å². The molecule has 0 amide bonds. The molecule has 0 bridgehead atoms. The highest BCUT2D eigenvalue weighted by Crippen LogP contribution is 2.15. The van der Waals surface area contributed by atoms with E-state index in [0.29, 0.717) is 12.5 Å². The molecule has 1 aromatic carbocycles. The lowest BCUT2D eigenvalue weighted by molar-refractivity contribution is 0.646. The van der Waals surface area contributed by atoms with Gasteiger partial charge in [-0.25, -0.2) is 0 Å². The molecule has 4 heteroatoms. The van der Waals surface area contributed by atoms with Crippen LogP contribution in [0.3, 0.4) is 0 Å². The number of terminal acetylenes is 1. The first-order valence-corrected chi connectivity index (χ1v) is 7.06. The molecular formula is C17H26IN3. The highest BCUT2D eigenvalue weighted by molar-refractivity contribution is 14.0. The SMILES string of the molecule is C#CCNC(=NC)NC(C)c1ccc(CC(C)C)cc1.I. The van der Waals surface area contributed by atoms with Gasteiger partial charge in [0.05, 0.1) is 12.6 Å². The molecule has 1 rings (SSSR count). The first-order chi connectivity index (χ1) is 9.56. The van der Waals surface area contributed by atoms with E-state index in [0.717, 1.165) is 12.4 Å². The molecule has 0 heterocycles. The minimum absolute atomic E-state index is 0. The third-order valence-corrected chi connectivity index (χ3v) is 3.06. The van der Waals surface area contributed by atoms with Gasteiger partial charge >= 0.3 is 0 Å². The summed E-state index contributed by atoms with van der Waals surface area (Å²) in [5.41, 5.74) is 2.62. The van der Waals surface area contributed by atoms with E-state index in [1.54, 1.807) is 7.05 Å². The number of aliphatic imine (C=N–C) groups is 1. The van der Waals surface area contributed by atoms with Crippen LogP contribution in [-0.2, 0) is 6.42 Å². The lowest BCUT2D eigenvalue weighted by Crippen LogP contribution is -2.38. The van der Waals surface area contributed by atoms with Crippen LogP contribution in [0.4, 0.5) is 0 Å². The van der Waals surface area contributed by atoms with Gasteiger partial charge in [-0.1, -0.05) is 44.0 Å². The Morgan fingerprint density at radius 3 is 2.33 bits per heavy atom.